The summed E-state index contributed by atoms with van der Waals surface area (Å²) in [5.41, 5.74) is 0.852. The number of benzene rings is 2. The first-order valence-corrected chi connectivity index (χ1v) is 8.82. The average Bonchev–Trinajstić information content (AvgIpc) is 2.60. The summed E-state index contributed by atoms with van der Waals surface area (Å²) in [5, 5.41) is 2.53. The molecule has 0 aromatic heterocycles. The number of carbonyl (C=O) groups is 2. The van der Waals surface area contributed by atoms with Crippen molar-refractivity contribution in [2.45, 2.75) is 24.1 Å². The van der Waals surface area contributed by atoms with E-state index in [4.69, 9.17) is 0 Å². The molecule has 1 N–H and O–H groups in total. The van der Waals surface area contributed by atoms with E-state index in [2.05, 4.69) is 10.1 Å². The Morgan fingerprint density at radius 3 is 2.15 bits per heavy atom. The van der Waals surface area contributed by atoms with Crippen LogP contribution in [0.4, 0.5) is 18.9 Å². The number of Topliss-reactive ketones (excluding diaryl/α,β-unsaturated/α-hetero) is 1. The van der Waals surface area contributed by atoms with Crippen LogP contribution in [-0.4, -0.2) is 24.3 Å². The zero-order valence-electron chi connectivity index (χ0n) is 13.8. The second-order valence-electron chi connectivity index (χ2n) is 5.27. The predicted octanol–water partition coefficient (Wildman–Crippen LogP) is 4.91. The lowest BCUT2D eigenvalue weighted by atomic mass is 10.1. The molecule has 0 spiro atoms. The number of hydrogen-bond acceptors (Lipinski definition) is 4. The molecule has 138 valence electrons. The molecule has 4 nitrogen and oxygen atoms in total. The largest absolute Gasteiger partial charge is 0.573 e. The highest BCUT2D eigenvalue weighted by Gasteiger charge is 2.30. The lowest BCUT2D eigenvalue weighted by Gasteiger charge is -2.10. The van der Waals surface area contributed by atoms with Crippen LogP contribution in [0.3, 0.4) is 0 Å². The van der Waals surface area contributed by atoms with Gasteiger partial charge in [-0.05, 0) is 42.7 Å². The SMILES string of the molecule is CSc1ccc(C(=O)CCC(=O)Nc2ccc(OC(F)(F)F)cc2)cc1. The predicted molar refractivity (Wildman–Crippen MR) is 93.5 cm³/mol. The molecular weight excluding hydrogens is 367 g/mol. The Balaban J connectivity index is 1.83. The first-order chi connectivity index (χ1) is 12.3. The standard InChI is InChI=1S/C18H16F3NO3S/c1-26-15-8-2-12(3-9-15)16(23)10-11-17(24)22-13-4-6-14(7-5-13)25-18(19,20)21/h2-9H,10-11H2,1H3,(H,22,24). The van der Waals surface area contributed by atoms with E-state index < -0.39 is 12.3 Å². The Bertz CT molecular complexity index is 759. The number of hydrogen-bond donors (Lipinski definition) is 1. The first kappa shape index (κ1) is 19.8. The molecule has 2 aromatic carbocycles. The third kappa shape index (κ3) is 6.44. The fourth-order valence-electron chi connectivity index (χ4n) is 2.11. The van der Waals surface area contributed by atoms with Gasteiger partial charge in [0.15, 0.2) is 5.78 Å². The molecule has 0 atom stereocenters. The highest BCUT2D eigenvalue weighted by molar-refractivity contribution is 7.98. The number of rotatable bonds is 7. The number of alkyl halides is 3. The second kappa shape index (κ2) is 8.75. The van der Waals surface area contributed by atoms with Crippen LogP contribution in [0.2, 0.25) is 0 Å². The molecule has 8 heteroatoms. The van der Waals surface area contributed by atoms with Crippen molar-refractivity contribution in [3.8, 4) is 5.75 Å². The van der Waals surface area contributed by atoms with Crippen molar-refractivity contribution in [1.82, 2.24) is 0 Å². The maximum absolute atomic E-state index is 12.1. The lowest BCUT2D eigenvalue weighted by molar-refractivity contribution is -0.274. The Morgan fingerprint density at radius 1 is 1.00 bits per heavy atom. The smallest absolute Gasteiger partial charge is 0.406 e. The third-order valence-corrected chi connectivity index (χ3v) is 4.11. The van der Waals surface area contributed by atoms with Crippen molar-refractivity contribution >= 4 is 29.1 Å². The Hall–Kier alpha value is -2.48. The number of amides is 1. The van der Waals surface area contributed by atoms with E-state index in [0.717, 1.165) is 17.0 Å². The normalized spacial score (nSPS) is 11.1. The van der Waals surface area contributed by atoms with E-state index in [9.17, 15) is 22.8 Å². The molecule has 1 amide bonds. The van der Waals surface area contributed by atoms with Gasteiger partial charge in [0.05, 0.1) is 0 Å². The number of anilines is 1. The van der Waals surface area contributed by atoms with Gasteiger partial charge in [0.2, 0.25) is 5.91 Å². The van der Waals surface area contributed by atoms with Gasteiger partial charge in [-0.1, -0.05) is 12.1 Å². The molecule has 0 saturated carbocycles. The highest BCUT2D eigenvalue weighted by atomic mass is 32.2. The number of ether oxygens (including phenoxy) is 1. The summed E-state index contributed by atoms with van der Waals surface area (Å²) in [7, 11) is 0. The van der Waals surface area contributed by atoms with Gasteiger partial charge in [0.1, 0.15) is 5.75 Å². The number of carbonyl (C=O) groups excluding carboxylic acids is 2. The van der Waals surface area contributed by atoms with Crippen molar-refractivity contribution in [2.24, 2.45) is 0 Å². The molecule has 0 radical (unpaired) electrons. The van der Waals surface area contributed by atoms with E-state index in [0.29, 0.717) is 11.3 Å². The maximum atomic E-state index is 12.1. The van der Waals surface area contributed by atoms with Crippen molar-refractivity contribution in [2.75, 3.05) is 11.6 Å². The second-order valence-corrected chi connectivity index (χ2v) is 6.15. The third-order valence-electron chi connectivity index (χ3n) is 3.36. The maximum Gasteiger partial charge on any atom is 0.573 e. The molecule has 0 saturated heterocycles. The van der Waals surface area contributed by atoms with Crippen LogP contribution in [-0.2, 0) is 4.79 Å². The van der Waals surface area contributed by atoms with Crippen LogP contribution < -0.4 is 10.1 Å². The molecule has 2 rings (SSSR count). The van der Waals surface area contributed by atoms with Gasteiger partial charge in [0.25, 0.3) is 0 Å². The van der Waals surface area contributed by atoms with Gasteiger partial charge < -0.3 is 10.1 Å². The van der Waals surface area contributed by atoms with Gasteiger partial charge in [-0.3, -0.25) is 9.59 Å². The van der Waals surface area contributed by atoms with Crippen LogP contribution >= 0.6 is 11.8 Å². The van der Waals surface area contributed by atoms with Crippen molar-refractivity contribution in [3.05, 3.63) is 54.1 Å². The summed E-state index contributed by atoms with van der Waals surface area (Å²) in [6.45, 7) is 0. The summed E-state index contributed by atoms with van der Waals surface area (Å²) in [4.78, 5) is 25.0. The minimum absolute atomic E-state index is 0.0239. The van der Waals surface area contributed by atoms with Crippen LogP contribution in [0.5, 0.6) is 5.75 Å². The lowest BCUT2D eigenvalue weighted by Crippen LogP contribution is -2.17. The van der Waals surface area contributed by atoms with E-state index in [-0.39, 0.29) is 24.4 Å². The average molecular weight is 383 g/mol. The topological polar surface area (TPSA) is 55.4 Å². The molecule has 0 aliphatic heterocycles. The zero-order valence-corrected chi connectivity index (χ0v) is 14.6. The minimum atomic E-state index is -4.76. The molecule has 2 aromatic rings. The van der Waals surface area contributed by atoms with Gasteiger partial charge in [-0.15, -0.1) is 24.9 Å². The van der Waals surface area contributed by atoms with Crippen LogP contribution in [0, 0.1) is 0 Å². The summed E-state index contributed by atoms with van der Waals surface area (Å²) in [5.74, 6) is -0.926. The Morgan fingerprint density at radius 2 is 1.62 bits per heavy atom. The summed E-state index contributed by atoms with van der Waals surface area (Å²) >= 11 is 1.57. The van der Waals surface area contributed by atoms with Crippen LogP contribution in [0.25, 0.3) is 0 Å². The number of halogens is 3. The molecule has 0 aliphatic carbocycles. The van der Waals surface area contributed by atoms with Gasteiger partial charge >= 0.3 is 6.36 Å². The zero-order chi connectivity index (χ0) is 19.2. The van der Waals surface area contributed by atoms with E-state index in [1.807, 2.05) is 18.4 Å². The quantitative estimate of drug-likeness (QED) is 0.545. The van der Waals surface area contributed by atoms with Gasteiger partial charge in [-0.25, -0.2) is 0 Å². The molecule has 0 bridgehead atoms. The van der Waals surface area contributed by atoms with E-state index in [1.54, 1.807) is 23.9 Å². The summed E-state index contributed by atoms with van der Waals surface area (Å²) in [6, 6.07) is 11.9. The fraction of sp³-hybridized carbons (Fsp3) is 0.222. The van der Waals surface area contributed by atoms with Crippen molar-refractivity contribution in [3.63, 3.8) is 0 Å². The number of ketones is 1. The summed E-state index contributed by atoms with van der Waals surface area (Å²) < 4.78 is 40.0. The Kier molecular flexibility index (Phi) is 6.68. The molecule has 0 unspecified atom stereocenters. The molecule has 0 heterocycles. The highest BCUT2D eigenvalue weighted by Crippen LogP contribution is 2.24. The molecular formula is C18H16F3NO3S. The molecule has 26 heavy (non-hydrogen) atoms. The monoisotopic (exact) mass is 383 g/mol. The molecule has 0 aliphatic rings. The minimum Gasteiger partial charge on any atom is -0.406 e. The number of thioether (sulfide) groups is 1. The number of nitrogens with one attached hydrogen (secondary N) is 1. The van der Waals surface area contributed by atoms with Crippen LogP contribution in [0.15, 0.2) is 53.4 Å². The van der Waals surface area contributed by atoms with E-state index in [1.165, 1.54) is 12.1 Å². The molecule has 0 fully saturated rings. The fourth-order valence-corrected chi connectivity index (χ4v) is 2.52. The van der Waals surface area contributed by atoms with Crippen LogP contribution in [0.1, 0.15) is 23.2 Å². The Labute approximate surface area is 152 Å². The first-order valence-electron chi connectivity index (χ1n) is 7.60. The summed E-state index contributed by atoms with van der Waals surface area (Å²) in [6.07, 6.45) is -2.81. The van der Waals surface area contributed by atoms with Crippen molar-refractivity contribution in [1.29, 1.82) is 0 Å². The van der Waals surface area contributed by atoms with E-state index >= 15 is 0 Å². The van der Waals surface area contributed by atoms with Gasteiger partial charge in [0, 0.05) is 29.0 Å². The van der Waals surface area contributed by atoms with Gasteiger partial charge in [-0.2, -0.15) is 0 Å². The van der Waals surface area contributed by atoms with Crippen molar-refractivity contribution < 1.29 is 27.5 Å².